The van der Waals surface area contributed by atoms with E-state index in [1.54, 1.807) is 0 Å². The molecule has 1 saturated heterocycles. The Labute approximate surface area is 141 Å². The zero-order valence-electron chi connectivity index (χ0n) is 13.2. The Morgan fingerprint density at radius 3 is 2.68 bits per heavy atom. The van der Waals surface area contributed by atoms with Gasteiger partial charge in [0, 0.05) is 18.4 Å². The highest BCUT2D eigenvalue weighted by Crippen LogP contribution is 2.32. The fourth-order valence-electron chi connectivity index (χ4n) is 2.42. The van der Waals surface area contributed by atoms with Gasteiger partial charge in [0.05, 0.1) is 18.8 Å². The molecule has 0 aliphatic carbocycles. The monoisotopic (exact) mass is 363 g/mol. The zero-order valence-corrected chi connectivity index (χ0v) is 13.2. The quantitative estimate of drug-likeness (QED) is 0.160. The van der Waals surface area contributed by atoms with E-state index in [-0.39, 0.29) is 0 Å². The molecule has 0 radical (unpaired) electrons. The fourth-order valence-corrected chi connectivity index (χ4v) is 2.42. The minimum absolute atomic E-state index is 0.624. The van der Waals surface area contributed by atoms with Gasteiger partial charge in [-0.3, -0.25) is 4.79 Å². The molecule has 0 aromatic heterocycles. The number of ether oxygens (including phenoxy) is 2. The van der Waals surface area contributed by atoms with Crippen LogP contribution in [-0.2, 0) is 19.1 Å². The Hall–Kier alpha value is -1.99. The van der Waals surface area contributed by atoms with Crippen LogP contribution in [0.15, 0.2) is 5.11 Å². The van der Waals surface area contributed by atoms with Crippen LogP contribution in [0.3, 0.4) is 0 Å². The van der Waals surface area contributed by atoms with Crippen molar-refractivity contribution in [2.45, 2.75) is 42.7 Å². The van der Waals surface area contributed by atoms with Gasteiger partial charge in [-0.1, -0.05) is 5.11 Å². The Morgan fingerprint density at radius 2 is 2.20 bits per heavy atom. The molecule has 0 aromatic carbocycles. The van der Waals surface area contributed by atoms with Gasteiger partial charge in [-0.2, -0.15) is 0 Å². The van der Waals surface area contributed by atoms with E-state index >= 15 is 0 Å². The largest absolute Gasteiger partial charge is 0.544 e. The number of carbonyl (C=O) groups is 2. The molecule has 13 nitrogen and oxygen atoms in total. The molecule has 4 unspecified atom stereocenters. The van der Waals surface area contributed by atoms with Gasteiger partial charge in [0.2, 0.25) is 11.7 Å². The number of hydrogen-bond donors (Lipinski definition) is 5. The number of carbonyl (C=O) groups excluding carboxylic acids is 2. The van der Waals surface area contributed by atoms with E-state index < -0.39 is 67.7 Å². The molecule has 1 aliphatic heterocycles. The molecule has 142 valence electrons. The van der Waals surface area contributed by atoms with Gasteiger partial charge in [0.1, 0.15) is 30.8 Å². The van der Waals surface area contributed by atoms with Crippen LogP contribution < -0.4 is 10.4 Å². The maximum absolute atomic E-state index is 11.7. The summed E-state index contributed by atoms with van der Waals surface area (Å²) in [7, 11) is 0.967. The lowest BCUT2D eigenvalue weighted by atomic mass is 9.88. The average molecular weight is 363 g/mol. The molecular formula is C12H19N4O9-. The SMILES string of the molecule is CO[C@]1(C(=O)[O-])CC(O)[C@@H](NC(=O)CN=[N+]=[N-])C(C(O)C(O)CO)O1. The van der Waals surface area contributed by atoms with Crippen molar-refractivity contribution in [1.29, 1.82) is 0 Å². The van der Waals surface area contributed by atoms with E-state index in [2.05, 4.69) is 15.3 Å². The number of azide groups is 1. The molecule has 5 N–H and O–H groups in total. The van der Waals surface area contributed by atoms with Gasteiger partial charge < -0.3 is 45.1 Å². The maximum Gasteiger partial charge on any atom is 0.226 e. The van der Waals surface area contributed by atoms with Crippen LogP contribution >= 0.6 is 0 Å². The number of amides is 1. The van der Waals surface area contributed by atoms with Crippen LogP contribution in [-0.4, -0.2) is 88.8 Å². The number of rotatable bonds is 8. The molecule has 0 spiro atoms. The minimum atomic E-state index is -2.44. The molecule has 0 aromatic rings. The van der Waals surface area contributed by atoms with Crippen molar-refractivity contribution < 1.29 is 44.6 Å². The number of aliphatic hydroxyl groups is 4. The third-order valence-corrected chi connectivity index (χ3v) is 3.74. The van der Waals surface area contributed by atoms with E-state index in [9.17, 15) is 30.0 Å². The van der Waals surface area contributed by atoms with Crippen molar-refractivity contribution in [3.05, 3.63) is 10.4 Å². The van der Waals surface area contributed by atoms with Gasteiger partial charge in [-0.15, -0.1) is 0 Å². The Kier molecular flexibility index (Phi) is 7.51. The second kappa shape index (κ2) is 8.92. The molecule has 1 fully saturated rings. The molecule has 1 amide bonds. The van der Waals surface area contributed by atoms with Gasteiger partial charge in [0.25, 0.3) is 0 Å². The highest BCUT2D eigenvalue weighted by molar-refractivity contribution is 5.79. The number of carboxylic acids is 1. The first-order valence-electron chi connectivity index (χ1n) is 7.12. The minimum Gasteiger partial charge on any atom is -0.544 e. The first-order valence-corrected chi connectivity index (χ1v) is 7.12. The maximum atomic E-state index is 11.7. The van der Waals surface area contributed by atoms with Crippen molar-refractivity contribution in [3.8, 4) is 0 Å². The summed E-state index contributed by atoms with van der Waals surface area (Å²) in [6, 6.07) is -1.39. The van der Waals surface area contributed by atoms with Crippen LogP contribution in [0.1, 0.15) is 6.42 Å². The molecule has 0 saturated carbocycles. The van der Waals surface area contributed by atoms with Crippen LogP contribution in [0, 0.1) is 0 Å². The summed E-state index contributed by atoms with van der Waals surface area (Å²) >= 11 is 0. The number of methoxy groups -OCH3 is 1. The molecular weight excluding hydrogens is 344 g/mol. The molecule has 1 rings (SSSR count). The number of carboxylic acid groups (broad SMARTS) is 1. The molecule has 1 heterocycles. The highest BCUT2D eigenvalue weighted by atomic mass is 16.7. The van der Waals surface area contributed by atoms with Crippen LogP contribution in [0.2, 0.25) is 0 Å². The predicted octanol–water partition coefficient (Wildman–Crippen LogP) is -4.26. The van der Waals surface area contributed by atoms with Gasteiger partial charge in [-0.25, -0.2) is 0 Å². The Bertz CT molecular complexity index is 541. The predicted molar refractivity (Wildman–Crippen MR) is 75.3 cm³/mol. The van der Waals surface area contributed by atoms with Crippen molar-refractivity contribution in [2.75, 3.05) is 20.3 Å². The van der Waals surface area contributed by atoms with Crippen LogP contribution in [0.4, 0.5) is 0 Å². The summed E-state index contributed by atoms with van der Waals surface area (Å²) in [5.41, 5.74) is 8.19. The number of aliphatic hydroxyl groups excluding tert-OH is 4. The summed E-state index contributed by atoms with van der Waals surface area (Å²) in [6.07, 6.45) is -7.58. The normalized spacial score (nSPS) is 31.5. The molecule has 0 bridgehead atoms. The third kappa shape index (κ3) is 4.76. The van der Waals surface area contributed by atoms with Crippen molar-refractivity contribution in [1.82, 2.24) is 5.32 Å². The first-order chi connectivity index (χ1) is 11.7. The highest BCUT2D eigenvalue weighted by Gasteiger charge is 2.52. The molecule has 25 heavy (non-hydrogen) atoms. The lowest BCUT2D eigenvalue weighted by Crippen LogP contribution is -2.69. The van der Waals surface area contributed by atoms with E-state index in [1.165, 1.54) is 0 Å². The van der Waals surface area contributed by atoms with E-state index in [0.717, 1.165) is 7.11 Å². The number of aliphatic carboxylic acids is 1. The van der Waals surface area contributed by atoms with Crippen LogP contribution in [0.5, 0.6) is 0 Å². The number of hydrogen-bond acceptors (Lipinski definition) is 10. The smallest absolute Gasteiger partial charge is 0.226 e. The summed E-state index contributed by atoms with van der Waals surface area (Å²) < 4.78 is 9.92. The molecule has 6 atom stereocenters. The van der Waals surface area contributed by atoms with Crippen LogP contribution in [0.25, 0.3) is 10.4 Å². The summed E-state index contributed by atoms with van der Waals surface area (Å²) in [5, 5.41) is 55.4. The van der Waals surface area contributed by atoms with Crippen molar-refractivity contribution in [2.24, 2.45) is 5.11 Å². The van der Waals surface area contributed by atoms with E-state index in [0.29, 0.717) is 0 Å². The number of nitrogens with one attached hydrogen (secondary N) is 1. The Balaban J connectivity index is 3.13. The van der Waals surface area contributed by atoms with E-state index in [4.69, 9.17) is 20.1 Å². The van der Waals surface area contributed by atoms with Crippen molar-refractivity contribution in [3.63, 3.8) is 0 Å². The third-order valence-electron chi connectivity index (χ3n) is 3.74. The first kappa shape index (κ1) is 21.1. The summed E-state index contributed by atoms with van der Waals surface area (Å²) in [6.45, 7) is -1.52. The summed E-state index contributed by atoms with van der Waals surface area (Å²) in [4.78, 5) is 25.4. The van der Waals surface area contributed by atoms with E-state index in [1.807, 2.05) is 0 Å². The van der Waals surface area contributed by atoms with Crippen molar-refractivity contribution >= 4 is 11.9 Å². The van der Waals surface area contributed by atoms with Gasteiger partial charge in [0.15, 0.2) is 0 Å². The fraction of sp³-hybridized carbons (Fsp3) is 0.833. The topological polar surface area (TPSA) is 217 Å². The average Bonchev–Trinajstić information content (AvgIpc) is 2.59. The standard InChI is InChI=1S/C12H20N4O9/c1-24-12(11(22)23)2-5(18)8(15-7(20)3-14-16-13)10(25-12)9(21)6(19)4-17/h5-6,8-10,17-19,21H,2-4H2,1H3,(H,15,20)(H,22,23)/p-1/t5?,6?,8-,9?,10?,12-/m1/s1. The Morgan fingerprint density at radius 1 is 1.56 bits per heavy atom. The van der Waals surface area contributed by atoms with Gasteiger partial charge in [-0.05, 0) is 5.53 Å². The molecule has 13 heteroatoms. The lowest BCUT2D eigenvalue weighted by Gasteiger charge is -2.48. The number of nitrogens with zero attached hydrogens (tertiary/aromatic N) is 3. The second-order valence-corrected chi connectivity index (χ2v) is 5.32. The lowest BCUT2D eigenvalue weighted by molar-refractivity contribution is -0.378. The summed E-state index contributed by atoms with van der Waals surface area (Å²) in [5.74, 6) is -5.13. The second-order valence-electron chi connectivity index (χ2n) is 5.32. The van der Waals surface area contributed by atoms with Gasteiger partial charge >= 0.3 is 0 Å². The zero-order chi connectivity index (χ0) is 19.2. The molecule has 1 aliphatic rings.